The van der Waals surface area contributed by atoms with Gasteiger partial charge in [0.1, 0.15) is 0 Å². The molecule has 1 unspecified atom stereocenters. The molecule has 1 aliphatic heterocycles. The number of rotatable bonds is 6. The van der Waals surface area contributed by atoms with Crippen LogP contribution in [0.3, 0.4) is 0 Å². The topological polar surface area (TPSA) is 69.9 Å². The van der Waals surface area contributed by atoms with Crippen molar-refractivity contribution in [3.63, 3.8) is 0 Å². The molecule has 0 aromatic carbocycles. The van der Waals surface area contributed by atoms with Gasteiger partial charge in [-0.25, -0.2) is 0 Å². The third kappa shape index (κ3) is 3.82. The summed E-state index contributed by atoms with van der Waals surface area (Å²) >= 11 is 0. The molecule has 0 aromatic heterocycles. The van der Waals surface area contributed by atoms with Crippen molar-refractivity contribution in [2.24, 2.45) is 11.8 Å². The second-order valence-corrected chi connectivity index (χ2v) is 6.58. The summed E-state index contributed by atoms with van der Waals surface area (Å²) in [5.74, 6) is 0.150. The zero-order valence-corrected chi connectivity index (χ0v) is 12.5. The van der Waals surface area contributed by atoms with Gasteiger partial charge in [-0.1, -0.05) is 38.3 Å². The molecule has 0 spiro atoms. The van der Waals surface area contributed by atoms with Gasteiger partial charge in [0, 0.05) is 18.8 Å². The second-order valence-electron chi connectivity index (χ2n) is 6.58. The number of hydrogen-bond acceptors (Lipinski definition) is 4. The standard InChI is InChI=1S/C16H28O4/c1-3-4-5-7-16(2,19)8-6-11-12-9-15(18)20-14(12)10-13(11)17/h6,8,11-15,17-19H,3-5,7,9-10H2,1-2H3/b8-6+/t11-,12-,13-,14+,15-,16?/m1/s1. The third-order valence-electron chi connectivity index (χ3n) is 4.66. The van der Waals surface area contributed by atoms with Gasteiger partial charge < -0.3 is 20.1 Å². The van der Waals surface area contributed by atoms with Gasteiger partial charge in [0.25, 0.3) is 0 Å². The maximum Gasteiger partial charge on any atom is 0.155 e. The van der Waals surface area contributed by atoms with E-state index in [0.29, 0.717) is 12.8 Å². The van der Waals surface area contributed by atoms with Gasteiger partial charge in [0.15, 0.2) is 6.29 Å². The molecule has 0 aromatic rings. The van der Waals surface area contributed by atoms with Crippen molar-refractivity contribution < 1.29 is 20.1 Å². The Kier molecular flexibility index (Phi) is 5.24. The van der Waals surface area contributed by atoms with Crippen molar-refractivity contribution in [3.05, 3.63) is 12.2 Å². The lowest BCUT2D eigenvalue weighted by molar-refractivity contribution is -0.0949. The van der Waals surface area contributed by atoms with Crippen LogP contribution in [0.2, 0.25) is 0 Å². The molecule has 2 rings (SSSR count). The van der Waals surface area contributed by atoms with Gasteiger partial charge in [-0.2, -0.15) is 0 Å². The van der Waals surface area contributed by atoms with Gasteiger partial charge >= 0.3 is 0 Å². The summed E-state index contributed by atoms with van der Waals surface area (Å²) in [5.41, 5.74) is -0.814. The van der Waals surface area contributed by atoms with Crippen molar-refractivity contribution in [2.75, 3.05) is 0 Å². The number of aliphatic hydroxyl groups excluding tert-OH is 2. The number of unbranched alkanes of at least 4 members (excludes halogenated alkanes) is 2. The van der Waals surface area contributed by atoms with E-state index in [4.69, 9.17) is 4.74 Å². The Morgan fingerprint density at radius 3 is 2.70 bits per heavy atom. The average molecular weight is 284 g/mol. The Morgan fingerprint density at radius 2 is 2.00 bits per heavy atom. The molecule has 1 aliphatic carbocycles. The molecule has 116 valence electrons. The Labute approximate surface area is 121 Å². The minimum absolute atomic E-state index is 0.0187. The fourth-order valence-electron chi connectivity index (χ4n) is 3.46. The van der Waals surface area contributed by atoms with Crippen molar-refractivity contribution in [3.8, 4) is 0 Å². The molecular formula is C16H28O4. The quantitative estimate of drug-likeness (QED) is 0.515. The van der Waals surface area contributed by atoms with Crippen LogP contribution >= 0.6 is 0 Å². The summed E-state index contributed by atoms with van der Waals surface area (Å²) in [6.45, 7) is 3.96. The van der Waals surface area contributed by atoms with Crippen LogP contribution < -0.4 is 0 Å². The highest BCUT2D eigenvalue weighted by Gasteiger charge is 2.47. The summed E-state index contributed by atoms with van der Waals surface area (Å²) in [6, 6.07) is 0. The second kappa shape index (κ2) is 6.56. The first kappa shape index (κ1) is 16.0. The van der Waals surface area contributed by atoms with Crippen LogP contribution in [0.15, 0.2) is 12.2 Å². The number of hydrogen-bond donors (Lipinski definition) is 3. The number of aliphatic hydroxyl groups is 3. The highest BCUT2D eigenvalue weighted by Crippen LogP contribution is 2.43. The fourth-order valence-corrected chi connectivity index (χ4v) is 3.46. The van der Waals surface area contributed by atoms with E-state index in [2.05, 4.69) is 6.92 Å². The zero-order valence-electron chi connectivity index (χ0n) is 12.5. The largest absolute Gasteiger partial charge is 0.392 e. The molecular weight excluding hydrogens is 256 g/mol. The average Bonchev–Trinajstić information content (AvgIpc) is 2.82. The Hall–Kier alpha value is -0.420. The van der Waals surface area contributed by atoms with E-state index < -0.39 is 18.0 Å². The van der Waals surface area contributed by atoms with Gasteiger partial charge in [-0.05, 0) is 19.3 Å². The third-order valence-corrected chi connectivity index (χ3v) is 4.66. The van der Waals surface area contributed by atoms with E-state index in [-0.39, 0.29) is 17.9 Å². The number of ether oxygens (including phenoxy) is 1. The van der Waals surface area contributed by atoms with Gasteiger partial charge in [-0.3, -0.25) is 0 Å². The summed E-state index contributed by atoms with van der Waals surface area (Å²) in [4.78, 5) is 0. The highest BCUT2D eigenvalue weighted by atomic mass is 16.6. The lowest BCUT2D eigenvalue weighted by Crippen LogP contribution is -2.23. The molecule has 1 saturated heterocycles. The zero-order chi connectivity index (χ0) is 14.8. The Balaban J connectivity index is 1.92. The smallest absolute Gasteiger partial charge is 0.155 e. The molecule has 3 N–H and O–H groups in total. The molecule has 1 saturated carbocycles. The predicted molar refractivity (Wildman–Crippen MR) is 77.0 cm³/mol. The van der Waals surface area contributed by atoms with Crippen LogP contribution in [0.25, 0.3) is 0 Å². The van der Waals surface area contributed by atoms with Crippen LogP contribution in [0.5, 0.6) is 0 Å². The van der Waals surface area contributed by atoms with E-state index >= 15 is 0 Å². The Bertz CT molecular complexity index is 339. The minimum atomic E-state index is -0.814. The highest BCUT2D eigenvalue weighted by molar-refractivity contribution is 5.09. The summed E-state index contributed by atoms with van der Waals surface area (Å²) in [6.07, 6.45) is 7.76. The normalized spacial score (nSPS) is 40.1. The monoisotopic (exact) mass is 284 g/mol. The van der Waals surface area contributed by atoms with Crippen molar-refractivity contribution in [1.82, 2.24) is 0 Å². The van der Waals surface area contributed by atoms with E-state index in [1.807, 2.05) is 19.1 Å². The fraction of sp³-hybridized carbons (Fsp3) is 0.875. The molecule has 6 atom stereocenters. The van der Waals surface area contributed by atoms with Gasteiger partial charge in [-0.15, -0.1) is 0 Å². The minimum Gasteiger partial charge on any atom is -0.392 e. The SMILES string of the molecule is CCCCCC(C)(O)/C=C/[C@@H]1[C@H]2C[C@H](O)O[C@H]2C[C@H]1O. The van der Waals surface area contributed by atoms with Crippen LogP contribution in [-0.4, -0.2) is 39.4 Å². The molecule has 0 amide bonds. The molecule has 1 heterocycles. The lowest BCUT2D eigenvalue weighted by atomic mass is 9.89. The first-order valence-corrected chi connectivity index (χ1v) is 7.86. The van der Waals surface area contributed by atoms with Gasteiger partial charge in [0.2, 0.25) is 0 Å². The maximum atomic E-state index is 10.3. The molecule has 4 heteroatoms. The van der Waals surface area contributed by atoms with Crippen LogP contribution in [-0.2, 0) is 4.74 Å². The maximum absolute atomic E-state index is 10.3. The molecule has 2 aliphatic rings. The van der Waals surface area contributed by atoms with Crippen molar-refractivity contribution in [2.45, 2.75) is 76.5 Å². The van der Waals surface area contributed by atoms with E-state index in [9.17, 15) is 15.3 Å². The molecule has 4 nitrogen and oxygen atoms in total. The number of fused-ring (bicyclic) bond motifs is 1. The molecule has 20 heavy (non-hydrogen) atoms. The van der Waals surface area contributed by atoms with E-state index in [1.54, 1.807) is 0 Å². The van der Waals surface area contributed by atoms with Gasteiger partial charge in [0.05, 0.1) is 17.8 Å². The first-order chi connectivity index (χ1) is 9.43. The van der Waals surface area contributed by atoms with Crippen molar-refractivity contribution >= 4 is 0 Å². The summed E-state index contributed by atoms with van der Waals surface area (Å²) < 4.78 is 5.40. The van der Waals surface area contributed by atoms with E-state index in [0.717, 1.165) is 25.7 Å². The molecule has 0 bridgehead atoms. The van der Waals surface area contributed by atoms with Crippen molar-refractivity contribution in [1.29, 1.82) is 0 Å². The summed E-state index contributed by atoms with van der Waals surface area (Å²) in [5, 5.41) is 30.0. The van der Waals surface area contributed by atoms with Crippen LogP contribution in [0.1, 0.15) is 52.4 Å². The molecule has 0 radical (unpaired) electrons. The summed E-state index contributed by atoms with van der Waals surface area (Å²) in [7, 11) is 0. The van der Waals surface area contributed by atoms with Crippen LogP contribution in [0.4, 0.5) is 0 Å². The predicted octanol–water partition coefficient (Wildman–Crippen LogP) is 1.98. The van der Waals surface area contributed by atoms with Crippen LogP contribution in [0, 0.1) is 11.8 Å². The molecule has 2 fully saturated rings. The first-order valence-electron chi connectivity index (χ1n) is 7.86. The Morgan fingerprint density at radius 1 is 1.25 bits per heavy atom. The van der Waals surface area contributed by atoms with E-state index in [1.165, 1.54) is 0 Å². The lowest BCUT2D eigenvalue weighted by Gasteiger charge is -2.22.